The topological polar surface area (TPSA) is 56.2 Å². The van der Waals surface area contributed by atoms with Gasteiger partial charge in [0.25, 0.3) is 5.82 Å². The van der Waals surface area contributed by atoms with Crippen LogP contribution in [0.25, 0.3) is 0 Å². The van der Waals surface area contributed by atoms with Gasteiger partial charge in [-0.15, -0.1) is 0 Å². The van der Waals surface area contributed by atoms with Crippen molar-refractivity contribution in [2.75, 3.05) is 12.3 Å². The van der Waals surface area contributed by atoms with Crippen LogP contribution < -0.4 is 10.3 Å². The largest absolute Gasteiger partial charge is 0.463 e. The van der Waals surface area contributed by atoms with E-state index in [4.69, 9.17) is 10.5 Å². The number of rotatable bonds is 3. The van der Waals surface area contributed by atoms with Gasteiger partial charge in [0, 0.05) is 6.07 Å². The number of anilines is 1. The zero-order chi connectivity index (χ0) is 11.4. The van der Waals surface area contributed by atoms with E-state index >= 15 is 0 Å². The normalized spacial score (nSPS) is 10.1. The van der Waals surface area contributed by atoms with Crippen molar-refractivity contribution in [2.24, 2.45) is 0 Å². The monoisotopic (exact) mass is 277 g/mol. The summed E-state index contributed by atoms with van der Waals surface area (Å²) in [7, 11) is 0. The summed E-state index contributed by atoms with van der Waals surface area (Å²) in [5.41, 5.74) is 5.64. The van der Waals surface area contributed by atoms with Gasteiger partial charge in [0.15, 0.2) is 12.4 Å². The van der Waals surface area contributed by atoms with E-state index in [2.05, 4.69) is 15.9 Å². The zero-order valence-electron chi connectivity index (χ0n) is 8.17. The molecule has 4 nitrogen and oxygen atoms in total. The maximum Gasteiger partial charge on any atom is 0.348 e. The van der Waals surface area contributed by atoms with Gasteiger partial charge in [0.2, 0.25) is 0 Å². The maximum absolute atomic E-state index is 13.0. The molecule has 0 unspecified atom stereocenters. The Balaban J connectivity index is 2.89. The van der Waals surface area contributed by atoms with Gasteiger partial charge in [-0.25, -0.2) is 13.8 Å². The summed E-state index contributed by atoms with van der Waals surface area (Å²) in [6.07, 6.45) is 1.15. The molecule has 1 heterocycles. The molecule has 0 saturated heterocycles. The Morgan fingerprint density at radius 1 is 1.73 bits per heavy atom. The Bertz CT molecular complexity index is 385. The van der Waals surface area contributed by atoms with Crippen LogP contribution in [0.3, 0.4) is 0 Å². The van der Waals surface area contributed by atoms with Crippen LogP contribution in [0.1, 0.15) is 6.92 Å². The van der Waals surface area contributed by atoms with Crippen LogP contribution in [0.5, 0.6) is 0 Å². The van der Waals surface area contributed by atoms with Crippen LogP contribution in [-0.2, 0) is 16.1 Å². The van der Waals surface area contributed by atoms with Crippen molar-refractivity contribution in [1.29, 1.82) is 0 Å². The molecule has 2 N–H and O–H groups in total. The Morgan fingerprint density at radius 3 is 3.00 bits per heavy atom. The molecule has 1 rings (SSSR count). The highest BCUT2D eigenvalue weighted by molar-refractivity contribution is 9.10. The molecule has 82 valence electrons. The predicted octanol–water partition coefficient (Wildman–Crippen LogP) is 1.02. The molecule has 0 saturated carbocycles. The number of hydrogen-bond acceptors (Lipinski definition) is 3. The van der Waals surface area contributed by atoms with Crippen molar-refractivity contribution in [2.45, 2.75) is 13.5 Å². The van der Waals surface area contributed by atoms with Crippen LogP contribution in [0.15, 0.2) is 16.7 Å². The molecule has 0 atom stereocenters. The molecule has 0 amide bonds. The standard InChI is InChI=1S/C9H10BrFN2O2/c1-2-15-8(14)5-13-4-6(11)3-7(10)9(13)12/h3-4,12H,2,5H2,1H3/p+1. The van der Waals surface area contributed by atoms with Crippen molar-refractivity contribution in [3.05, 3.63) is 22.6 Å². The molecule has 6 heteroatoms. The first-order valence-electron chi connectivity index (χ1n) is 4.34. The highest BCUT2D eigenvalue weighted by Gasteiger charge is 2.15. The summed E-state index contributed by atoms with van der Waals surface area (Å²) in [5, 5.41) is 0. The molecule has 0 bridgehead atoms. The Kier molecular flexibility index (Phi) is 4.02. The van der Waals surface area contributed by atoms with E-state index in [1.807, 2.05) is 0 Å². The fourth-order valence-electron chi connectivity index (χ4n) is 1.06. The van der Waals surface area contributed by atoms with Crippen molar-refractivity contribution in [3.8, 4) is 0 Å². The predicted molar refractivity (Wildman–Crippen MR) is 55.3 cm³/mol. The number of ether oxygens (including phenoxy) is 1. The molecule has 0 fully saturated rings. The first-order valence-corrected chi connectivity index (χ1v) is 5.13. The summed E-state index contributed by atoms with van der Waals surface area (Å²) in [6.45, 7) is 1.89. The number of nitrogens with two attached hydrogens (primary N) is 1. The number of nitrogen functional groups attached to an aromatic ring is 1. The molecule has 0 aromatic carbocycles. The van der Waals surface area contributed by atoms with Crippen LogP contribution in [0.2, 0.25) is 0 Å². The highest BCUT2D eigenvalue weighted by atomic mass is 79.9. The van der Waals surface area contributed by atoms with Gasteiger partial charge in [-0.2, -0.15) is 0 Å². The number of carbonyl (C=O) groups excluding carboxylic acids is 1. The van der Waals surface area contributed by atoms with Gasteiger partial charge in [-0.05, 0) is 22.9 Å². The van der Waals surface area contributed by atoms with Gasteiger partial charge in [0.1, 0.15) is 10.7 Å². The summed E-state index contributed by atoms with van der Waals surface area (Å²) in [6, 6.07) is 1.23. The fraction of sp³-hybridized carbons (Fsp3) is 0.333. The smallest absolute Gasteiger partial charge is 0.348 e. The molecule has 0 aliphatic rings. The number of pyridine rings is 1. The lowest BCUT2D eigenvalue weighted by Crippen LogP contribution is -2.42. The number of esters is 1. The SMILES string of the molecule is CCOC(=O)C[n+]1cc(F)cc(Br)c1N. The van der Waals surface area contributed by atoms with E-state index in [0.29, 0.717) is 4.47 Å². The number of hydrogen-bond donors (Lipinski definition) is 1. The third-order valence-electron chi connectivity index (χ3n) is 1.70. The molecule has 1 aromatic rings. The first kappa shape index (κ1) is 11.9. The molecule has 0 aliphatic heterocycles. The lowest BCUT2D eigenvalue weighted by Gasteiger charge is -2.04. The van der Waals surface area contributed by atoms with Crippen molar-refractivity contribution in [3.63, 3.8) is 0 Å². The molecule has 0 radical (unpaired) electrons. The van der Waals surface area contributed by atoms with Gasteiger partial charge < -0.3 is 4.74 Å². The molecule has 15 heavy (non-hydrogen) atoms. The third-order valence-corrected chi connectivity index (χ3v) is 2.34. The molecule has 0 aliphatic carbocycles. The van der Waals surface area contributed by atoms with Gasteiger partial charge >= 0.3 is 5.97 Å². The molecule has 1 aromatic heterocycles. The van der Waals surface area contributed by atoms with Gasteiger partial charge in [-0.1, -0.05) is 0 Å². The van der Waals surface area contributed by atoms with E-state index in [-0.39, 0.29) is 19.0 Å². The maximum atomic E-state index is 13.0. The minimum atomic E-state index is -0.472. The van der Waals surface area contributed by atoms with E-state index in [1.165, 1.54) is 10.6 Å². The van der Waals surface area contributed by atoms with Crippen molar-refractivity contribution < 1.29 is 18.5 Å². The summed E-state index contributed by atoms with van der Waals surface area (Å²) >= 11 is 3.09. The van der Waals surface area contributed by atoms with Crippen molar-refractivity contribution >= 4 is 27.7 Å². The minimum absolute atomic E-state index is 0.101. The summed E-state index contributed by atoms with van der Waals surface area (Å²) in [4.78, 5) is 11.2. The number of nitrogens with zero attached hydrogens (tertiary/aromatic N) is 1. The minimum Gasteiger partial charge on any atom is -0.463 e. The average molecular weight is 278 g/mol. The molecule has 0 spiro atoms. The quantitative estimate of drug-likeness (QED) is 0.663. The van der Waals surface area contributed by atoms with Crippen LogP contribution in [0, 0.1) is 5.82 Å². The Hall–Kier alpha value is -1.17. The van der Waals surface area contributed by atoms with Crippen LogP contribution in [-0.4, -0.2) is 12.6 Å². The van der Waals surface area contributed by atoms with Gasteiger partial charge in [0.05, 0.1) is 6.61 Å². The average Bonchev–Trinajstić information content (AvgIpc) is 2.13. The third kappa shape index (κ3) is 3.16. The van der Waals surface area contributed by atoms with Gasteiger partial charge in [-0.3, -0.25) is 5.73 Å². The summed E-state index contributed by atoms with van der Waals surface area (Å²) in [5.74, 6) is -0.642. The first-order chi connectivity index (χ1) is 7.04. The lowest BCUT2D eigenvalue weighted by atomic mass is 10.4. The van der Waals surface area contributed by atoms with Crippen LogP contribution >= 0.6 is 15.9 Å². The van der Waals surface area contributed by atoms with Crippen LogP contribution in [0.4, 0.5) is 10.2 Å². The Morgan fingerprint density at radius 2 is 2.40 bits per heavy atom. The summed E-state index contributed by atoms with van der Waals surface area (Å²) < 4.78 is 19.4. The van der Waals surface area contributed by atoms with E-state index < -0.39 is 11.8 Å². The Labute approximate surface area is 95.0 Å². The van der Waals surface area contributed by atoms with E-state index in [9.17, 15) is 9.18 Å². The number of carbonyl (C=O) groups is 1. The second-order valence-electron chi connectivity index (χ2n) is 2.82. The highest BCUT2D eigenvalue weighted by Crippen LogP contribution is 2.15. The molecular formula is C9H11BrFN2O2+. The van der Waals surface area contributed by atoms with Crippen molar-refractivity contribution in [1.82, 2.24) is 0 Å². The van der Waals surface area contributed by atoms with E-state index in [0.717, 1.165) is 6.20 Å². The number of aromatic nitrogens is 1. The second-order valence-corrected chi connectivity index (χ2v) is 3.68. The van der Waals surface area contributed by atoms with E-state index in [1.54, 1.807) is 6.92 Å². The number of halogens is 2. The molecular weight excluding hydrogens is 267 g/mol. The zero-order valence-corrected chi connectivity index (χ0v) is 9.75. The fourth-order valence-corrected chi connectivity index (χ4v) is 1.51. The lowest BCUT2D eigenvalue weighted by molar-refractivity contribution is -0.673. The second kappa shape index (κ2) is 5.06.